The van der Waals surface area contributed by atoms with Gasteiger partial charge in [-0.15, -0.1) is 0 Å². The van der Waals surface area contributed by atoms with Crippen LogP contribution in [0.15, 0.2) is 46.6 Å². The van der Waals surface area contributed by atoms with Crippen LogP contribution in [0.2, 0.25) is 0 Å². The molecule has 0 radical (unpaired) electrons. The van der Waals surface area contributed by atoms with E-state index >= 15 is 0 Å². The molecule has 0 atom stereocenters. The van der Waals surface area contributed by atoms with Gasteiger partial charge < -0.3 is 19.9 Å². The molecule has 2 aromatic carbocycles. The topological polar surface area (TPSA) is 148 Å². The third kappa shape index (κ3) is 5.03. The summed E-state index contributed by atoms with van der Waals surface area (Å²) in [5.41, 5.74) is 0.907. The summed E-state index contributed by atoms with van der Waals surface area (Å²) < 4.78 is 11.6. The number of aliphatic carboxylic acids is 1. The van der Waals surface area contributed by atoms with Crippen LogP contribution in [-0.4, -0.2) is 46.5 Å². The first-order chi connectivity index (χ1) is 15.2. The summed E-state index contributed by atoms with van der Waals surface area (Å²) in [6.07, 6.45) is 1.37. The van der Waals surface area contributed by atoms with Gasteiger partial charge in [0.05, 0.1) is 16.5 Å². The average molecular weight is 506 g/mol. The zero-order chi connectivity index (χ0) is 23.4. The Labute approximate surface area is 189 Å². The molecular formula is C20H16BrN3O8. The van der Waals surface area contributed by atoms with E-state index in [2.05, 4.69) is 21.2 Å². The molecule has 0 bridgehead atoms. The molecule has 1 heterocycles. The predicted octanol–water partition coefficient (Wildman–Crippen LogP) is 2.92. The number of methoxy groups -OCH3 is 1. The average Bonchev–Trinajstić information content (AvgIpc) is 2.99. The van der Waals surface area contributed by atoms with Crippen molar-refractivity contribution in [3.8, 4) is 11.5 Å². The normalized spacial score (nSPS) is 14.4. The third-order valence-corrected chi connectivity index (χ3v) is 4.91. The van der Waals surface area contributed by atoms with Crippen molar-refractivity contribution in [2.45, 2.75) is 6.61 Å². The zero-order valence-electron chi connectivity index (χ0n) is 16.5. The lowest BCUT2D eigenvalue weighted by atomic mass is 10.1. The van der Waals surface area contributed by atoms with Crippen molar-refractivity contribution >= 4 is 45.6 Å². The van der Waals surface area contributed by atoms with E-state index in [0.29, 0.717) is 32.0 Å². The number of non-ortho nitro benzene ring substituents is 1. The highest BCUT2D eigenvalue weighted by Gasteiger charge is 2.34. The van der Waals surface area contributed by atoms with Crippen LogP contribution >= 0.6 is 15.9 Å². The van der Waals surface area contributed by atoms with E-state index in [1.165, 1.54) is 25.3 Å². The maximum Gasteiger partial charge on any atom is 0.329 e. The number of urea groups is 1. The fourth-order valence-electron chi connectivity index (χ4n) is 2.90. The number of ether oxygens (including phenoxy) is 2. The largest absolute Gasteiger partial charge is 0.493 e. The van der Waals surface area contributed by atoms with E-state index in [-0.39, 0.29) is 18.0 Å². The minimum absolute atomic E-state index is 0.0375. The number of hydrogen-bond donors (Lipinski definition) is 2. The molecule has 1 aliphatic heterocycles. The standard InChI is InChI=1S/C20H16BrN3O8/c1-31-16-8-12(7-15-19(27)23(9-17(25)26)20(28)22-15)6-14(21)18(16)32-10-11-3-2-4-13(5-11)24(29)30/h2-8H,9-10H2,1H3,(H,22,28)(H,25,26)/b15-7+. The fraction of sp³-hybridized carbons (Fsp3) is 0.150. The number of imide groups is 1. The number of nitro groups is 1. The second-order valence-electron chi connectivity index (χ2n) is 6.52. The first-order valence-corrected chi connectivity index (χ1v) is 9.79. The van der Waals surface area contributed by atoms with Crippen LogP contribution in [0.4, 0.5) is 10.5 Å². The number of hydrogen-bond acceptors (Lipinski definition) is 7. The Kier molecular flexibility index (Phi) is 6.73. The molecule has 1 saturated heterocycles. The number of nitrogens with zero attached hydrogens (tertiary/aromatic N) is 2. The lowest BCUT2D eigenvalue weighted by Gasteiger charge is -2.14. The summed E-state index contributed by atoms with van der Waals surface area (Å²) in [5, 5.41) is 22.1. The Morgan fingerprint density at radius 1 is 1.31 bits per heavy atom. The van der Waals surface area contributed by atoms with Gasteiger partial charge in [-0.05, 0) is 45.3 Å². The Morgan fingerprint density at radius 3 is 2.72 bits per heavy atom. The number of nitro benzene ring substituents is 1. The van der Waals surface area contributed by atoms with E-state index in [1.807, 2.05) is 0 Å². The Morgan fingerprint density at radius 2 is 2.06 bits per heavy atom. The molecule has 11 nitrogen and oxygen atoms in total. The second-order valence-corrected chi connectivity index (χ2v) is 7.38. The number of amides is 3. The molecule has 2 aromatic rings. The van der Waals surface area contributed by atoms with Crippen molar-refractivity contribution in [3.05, 3.63) is 67.8 Å². The van der Waals surface area contributed by atoms with Crippen LogP contribution in [0.25, 0.3) is 6.08 Å². The van der Waals surface area contributed by atoms with Gasteiger partial charge in [0, 0.05) is 12.1 Å². The Bertz CT molecular complexity index is 1150. The van der Waals surface area contributed by atoms with Gasteiger partial charge in [-0.25, -0.2) is 9.69 Å². The molecule has 166 valence electrons. The molecule has 0 aliphatic carbocycles. The van der Waals surface area contributed by atoms with Gasteiger partial charge in [0.25, 0.3) is 11.6 Å². The first-order valence-electron chi connectivity index (χ1n) is 8.99. The zero-order valence-corrected chi connectivity index (χ0v) is 18.1. The van der Waals surface area contributed by atoms with Crippen LogP contribution in [0, 0.1) is 10.1 Å². The van der Waals surface area contributed by atoms with Crippen molar-refractivity contribution in [2.24, 2.45) is 0 Å². The quantitative estimate of drug-likeness (QED) is 0.240. The summed E-state index contributed by atoms with van der Waals surface area (Å²) >= 11 is 3.37. The van der Waals surface area contributed by atoms with Crippen molar-refractivity contribution in [1.82, 2.24) is 10.2 Å². The van der Waals surface area contributed by atoms with Gasteiger partial charge in [-0.1, -0.05) is 12.1 Å². The molecule has 0 spiro atoms. The number of carbonyl (C=O) groups is 3. The predicted molar refractivity (Wildman–Crippen MR) is 114 cm³/mol. The van der Waals surface area contributed by atoms with Crippen molar-refractivity contribution < 1.29 is 33.9 Å². The molecule has 12 heteroatoms. The van der Waals surface area contributed by atoms with Gasteiger partial charge in [-0.3, -0.25) is 19.7 Å². The van der Waals surface area contributed by atoms with Gasteiger partial charge in [0.15, 0.2) is 11.5 Å². The lowest BCUT2D eigenvalue weighted by Crippen LogP contribution is -2.35. The summed E-state index contributed by atoms with van der Waals surface area (Å²) in [6, 6.07) is 8.35. The van der Waals surface area contributed by atoms with Gasteiger partial charge in [0.1, 0.15) is 18.8 Å². The molecule has 32 heavy (non-hydrogen) atoms. The highest BCUT2D eigenvalue weighted by molar-refractivity contribution is 9.10. The number of carboxylic acid groups (broad SMARTS) is 1. The molecule has 2 N–H and O–H groups in total. The van der Waals surface area contributed by atoms with Gasteiger partial charge >= 0.3 is 12.0 Å². The van der Waals surface area contributed by atoms with E-state index in [4.69, 9.17) is 14.6 Å². The lowest BCUT2D eigenvalue weighted by molar-refractivity contribution is -0.384. The highest BCUT2D eigenvalue weighted by atomic mass is 79.9. The summed E-state index contributed by atoms with van der Waals surface area (Å²) in [7, 11) is 1.41. The van der Waals surface area contributed by atoms with E-state index < -0.39 is 29.4 Å². The molecule has 0 unspecified atom stereocenters. The molecule has 3 rings (SSSR count). The molecule has 3 amide bonds. The monoisotopic (exact) mass is 505 g/mol. The van der Waals surface area contributed by atoms with Crippen LogP contribution < -0.4 is 14.8 Å². The molecular weight excluding hydrogens is 490 g/mol. The number of carboxylic acids is 1. The summed E-state index contributed by atoms with van der Waals surface area (Å²) in [4.78, 5) is 46.0. The first kappa shape index (κ1) is 22.7. The number of nitrogens with one attached hydrogen (secondary N) is 1. The number of rotatable bonds is 8. The Balaban J connectivity index is 1.82. The van der Waals surface area contributed by atoms with Crippen LogP contribution in [0.3, 0.4) is 0 Å². The molecule has 0 aromatic heterocycles. The van der Waals surface area contributed by atoms with Gasteiger partial charge in [0.2, 0.25) is 0 Å². The summed E-state index contributed by atoms with van der Waals surface area (Å²) in [6.45, 7) is -0.713. The summed E-state index contributed by atoms with van der Waals surface area (Å²) in [5.74, 6) is -1.45. The van der Waals surface area contributed by atoms with Crippen LogP contribution in [-0.2, 0) is 16.2 Å². The maximum absolute atomic E-state index is 12.3. The minimum atomic E-state index is -1.32. The maximum atomic E-state index is 12.3. The smallest absolute Gasteiger partial charge is 0.329 e. The molecule has 1 aliphatic rings. The molecule has 1 fully saturated rings. The minimum Gasteiger partial charge on any atom is -0.493 e. The highest BCUT2D eigenvalue weighted by Crippen LogP contribution is 2.38. The van der Waals surface area contributed by atoms with E-state index in [1.54, 1.807) is 24.3 Å². The van der Waals surface area contributed by atoms with E-state index in [9.17, 15) is 24.5 Å². The number of carbonyl (C=O) groups excluding carboxylic acids is 2. The SMILES string of the molecule is COc1cc(/C=C2/NC(=O)N(CC(=O)O)C2=O)cc(Br)c1OCc1cccc([N+](=O)[O-])c1. The third-order valence-electron chi connectivity index (χ3n) is 4.32. The molecule has 0 saturated carbocycles. The van der Waals surface area contributed by atoms with Crippen LogP contribution in [0.5, 0.6) is 11.5 Å². The second kappa shape index (κ2) is 9.47. The van der Waals surface area contributed by atoms with Gasteiger partial charge in [-0.2, -0.15) is 0 Å². The number of benzene rings is 2. The number of halogens is 1. The van der Waals surface area contributed by atoms with Crippen molar-refractivity contribution in [1.29, 1.82) is 0 Å². The fourth-order valence-corrected chi connectivity index (χ4v) is 3.47. The van der Waals surface area contributed by atoms with Crippen molar-refractivity contribution in [3.63, 3.8) is 0 Å². The van der Waals surface area contributed by atoms with Crippen LogP contribution in [0.1, 0.15) is 11.1 Å². The van der Waals surface area contributed by atoms with E-state index in [0.717, 1.165) is 0 Å². The Hall–Kier alpha value is -3.93. The van der Waals surface area contributed by atoms with Crippen molar-refractivity contribution in [2.75, 3.05) is 13.7 Å².